The van der Waals surface area contributed by atoms with E-state index in [1.807, 2.05) is 0 Å². The van der Waals surface area contributed by atoms with E-state index < -0.39 is 5.82 Å². The summed E-state index contributed by atoms with van der Waals surface area (Å²) < 4.78 is 13.3. The standard InChI is InChI=1S/C13H15ClFN/c1-3-6-12(16-9-4-2)10-7-5-8-11(15)13(10)14/h1,5,7-8,12,16H,4,6,9H2,2H3. The Kier molecular flexibility index (Phi) is 5.31. The Morgan fingerprint density at radius 2 is 2.31 bits per heavy atom. The van der Waals surface area contributed by atoms with Crippen molar-refractivity contribution in [3.63, 3.8) is 0 Å². The Hall–Kier alpha value is -1.04. The molecule has 0 radical (unpaired) electrons. The second-order valence-electron chi connectivity index (χ2n) is 3.56. The van der Waals surface area contributed by atoms with Crippen LogP contribution in [-0.4, -0.2) is 6.54 Å². The molecule has 0 aromatic heterocycles. The highest BCUT2D eigenvalue weighted by Crippen LogP contribution is 2.27. The fourth-order valence-corrected chi connectivity index (χ4v) is 1.78. The summed E-state index contributed by atoms with van der Waals surface area (Å²) in [4.78, 5) is 0. The molecule has 1 atom stereocenters. The van der Waals surface area contributed by atoms with Crippen molar-refractivity contribution in [1.29, 1.82) is 0 Å². The van der Waals surface area contributed by atoms with E-state index in [4.69, 9.17) is 18.0 Å². The van der Waals surface area contributed by atoms with Gasteiger partial charge in [0.25, 0.3) is 0 Å². The minimum Gasteiger partial charge on any atom is -0.309 e. The van der Waals surface area contributed by atoms with Crippen LogP contribution < -0.4 is 5.32 Å². The molecule has 0 aliphatic heterocycles. The van der Waals surface area contributed by atoms with Crippen LogP contribution >= 0.6 is 11.6 Å². The molecule has 1 rings (SSSR count). The molecule has 1 nitrogen and oxygen atoms in total. The molecule has 3 heteroatoms. The fourth-order valence-electron chi connectivity index (χ4n) is 1.52. The Bertz CT molecular complexity index is 384. The molecule has 0 aliphatic rings. The van der Waals surface area contributed by atoms with Gasteiger partial charge in [0, 0.05) is 12.5 Å². The Labute approximate surface area is 101 Å². The van der Waals surface area contributed by atoms with Crippen molar-refractivity contribution < 1.29 is 4.39 Å². The van der Waals surface area contributed by atoms with E-state index in [1.54, 1.807) is 12.1 Å². The predicted octanol–water partition coefficient (Wildman–Crippen LogP) is 3.54. The van der Waals surface area contributed by atoms with Crippen molar-refractivity contribution in [2.75, 3.05) is 6.54 Å². The number of halogens is 2. The van der Waals surface area contributed by atoms with Crippen LogP contribution in [-0.2, 0) is 0 Å². The summed E-state index contributed by atoms with van der Waals surface area (Å²) in [7, 11) is 0. The van der Waals surface area contributed by atoms with E-state index in [9.17, 15) is 4.39 Å². The molecule has 0 saturated heterocycles. The zero-order valence-electron chi connectivity index (χ0n) is 9.26. The van der Waals surface area contributed by atoms with Crippen LogP contribution in [0.2, 0.25) is 5.02 Å². The molecule has 0 bridgehead atoms. The number of nitrogens with one attached hydrogen (secondary N) is 1. The second-order valence-corrected chi connectivity index (χ2v) is 3.94. The first-order chi connectivity index (χ1) is 7.70. The summed E-state index contributed by atoms with van der Waals surface area (Å²) >= 11 is 5.92. The molecule has 86 valence electrons. The highest BCUT2D eigenvalue weighted by atomic mass is 35.5. The maximum absolute atomic E-state index is 13.3. The van der Waals surface area contributed by atoms with Crippen LogP contribution in [0.15, 0.2) is 18.2 Å². The zero-order valence-corrected chi connectivity index (χ0v) is 10.0. The van der Waals surface area contributed by atoms with Crippen molar-refractivity contribution >= 4 is 11.6 Å². The van der Waals surface area contributed by atoms with Crippen LogP contribution in [0, 0.1) is 18.2 Å². The first-order valence-corrected chi connectivity index (χ1v) is 5.69. The van der Waals surface area contributed by atoms with Crippen LogP contribution in [0.3, 0.4) is 0 Å². The molecule has 0 spiro atoms. The van der Waals surface area contributed by atoms with Crippen LogP contribution in [0.4, 0.5) is 4.39 Å². The molecule has 1 N–H and O–H groups in total. The number of terminal acetylenes is 1. The summed E-state index contributed by atoms with van der Waals surface area (Å²) in [6.07, 6.45) is 6.80. The molecule has 0 amide bonds. The first kappa shape index (κ1) is 13.0. The molecule has 16 heavy (non-hydrogen) atoms. The van der Waals surface area contributed by atoms with E-state index in [0.29, 0.717) is 6.42 Å². The Morgan fingerprint density at radius 1 is 1.56 bits per heavy atom. The average Bonchev–Trinajstić information content (AvgIpc) is 2.28. The summed E-state index contributed by atoms with van der Waals surface area (Å²) in [6, 6.07) is 4.72. The fraction of sp³-hybridized carbons (Fsp3) is 0.385. The minimum atomic E-state index is -0.403. The molecule has 0 fully saturated rings. The lowest BCUT2D eigenvalue weighted by Crippen LogP contribution is -2.22. The number of hydrogen-bond donors (Lipinski definition) is 1. The van der Waals surface area contributed by atoms with Gasteiger partial charge >= 0.3 is 0 Å². The molecular weight excluding hydrogens is 225 g/mol. The Morgan fingerprint density at radius 3 is 2.94 bits per heavy atom. The maximum atomic E-state index is 13.3. The van der Waals surface area contributed by atoms with Crippen molar-refractivity contribution in [2.45, 2.75) is 25.8 Å². The third kappa shape index (κ3) is 3.23. The van der Waals surface area contributed by atoms with Gasteiger partial charge in [0.2, 0.25) is 0 Å². The lowest BCUT2D eigenvalue weighted by molar-refractivity contribution is 0.537. The van der Waals surface area contributed by atoms with Crippen molar-refractivity contribution in [3.05, 3.63) is 34.6 Å². The third-order valence-electron chi connectivity index (χ3n) is 2.32. The van der Waals surface area contributed by atoms with Gasteiger partial charge in [-0.15, -0.1) is 12.3 Å². The number of hydrogen-bond acceptors (Lipinski definition) is 1. The minimum absolute atomic E-state index is 0.0758. The van der Waals surface area contributed by atoms with Gasteiger partial charge in [-0.1, -0.05) is 30.7 Å². The molecule has 0 saturated carbocycles. The van der Waals surface area contributed by atoms with E-state index in [-0.39, 0.29) is 11.1 Å². The summed E-state index contributed by atoms with van der Waals surface area (Å²) in [5.41, 5.74) is 0.730. The summed E-state index contributed by atoms with van der Waals surface area (Å²) in [6.45, 7) is 2.90. The quantitative estimate of drug-likeness (QED) is 0.775. The summed E-state index contributed by atoms with van der Waals surface area (Å²) in [5.74, 6) is 2.18. The normalized spacial score (nSPS) is 12.1. The highest BCUT2D eigenvalue weighted by Gasteiger charge is 2.15. The number of benzene rings is 1. The molecule has 1 aromatic rings. The van der Waals surface area contributed by atoms with Gasteiger partial charge in [-0.3, -0.25) is 0 Å². The zero-order chi connectivity index (χ0) is 12.0. The van der Waals surface area contributed by atoms with Gasteiger partial charge in [-0.2, -0.15) is 0 Å². The molecule has 0 heterocycles. The van der Waals surface area contributed by atoms with Gasteiger partial charge in [0.05, 0.1) is 5.02 Å². The average molecular weight is 240 g/mol. The van der Waals surface area contributed by atoms with E-state index in [1.165, 1.54) is 6.07 Å². The largest absolute Gasteiger partial charge is 0.309 e. The third-order valence-corrected chi connectivity index (χ3v) is 2.72. The van der Waals surface area contributed by atoms with Gasteiger partial charge in [0.1, 0.15) is 5.82 Å². The lowest BCUT2D eigenvalue weighted by atomic mass is 10.0. The van der Waals surface area contributed by atoms with Crippen molar-refractivity contribution in [2.24, 2.45) is 0 Å². The maximum Gasteiger partial charge on any atom is 0.142 e. The molecule has 0 aliphatic carbocycles. The molecule has 1 unspecified atom stereocenters. The van der Waals surface area contributed by atoms with E-state index >= 15 is 0 Å². The smallest absolute Gasteiger partial charge is 0.142 e. The predicted molar refractivity (Wildman–Crippen MR) is 65.9 cm³/mol. The van der Waals surface area contributed by atoms with Gasteiger partial charge in [-0.25, -0.2) is 4.39 Å². The topological polar surface area (TPSA) is 12.0 Å². The van der Waals surface area contributed by atoms with E-state index in [0.717, 1.165) is 18.5 Å². The van der Waals surface area contributed by atoms with E-state index in [2.05, 4.69) is 18.2 Å². The van der Waals surface area contributed by atoms with Gasteiger partial charge < -0.3 is 5.32 Å². The second kappa shape index (κ2) is 6.52. The highest BCUT2D eigenvalue weighted by molar-refractivity contribution is 6.31. The van der Waals surface area contributed by atoms with Crippen LogP contribution in [0.1, 0.15) is 31.4 Å². The van der Waals surface area contributed by atoms with Crippen LogP contribution in [0.5, 0.6) is 0 Å². The van der Waals surface area contributed by atoms with Gasteiger partial charge in [0.15, 0.2) is 0 Å². The van der Waals surface area contributed by atoms with Gasteiger partial charge in [-0.05, 0) is 24.6 Å². The van der Waals surface area contributed by atoms with Crippen molar-refractivity contribution in [1.82, 2.24) is 5.32 Å². The molecular formula is C13H15ClFN. The lowest BCUT2D eigenvalue weighted by Gasteiger charge is -2.17. The molecule has 1 aromatic carbocycles. The monoisotopic (exact) mass is 239 g/mol. The summed E-state index contributed by atoms with van der Waals surface area (Å²) in [5, 5.41) is 3.42. The number of rotatable bonds is 5. The SMILES string of the molecule is C#CCC(NCCC)c1cccc(F)c1Cl. The van der Waals surface area contributed by atoms with Crippen LogP contribution in [0.25, 0.3) is 0 Å². The first-order valence-electron chi connectivity index (χ1n) is 5.31. The Balaban J connectivity index is 2.92. The van der Waals surface area contributed by atoms with Crippen molar-refractivity contribution in [3.8, 4) is 12.3 Å².